The molecule has 1 aliphatic carbocycles. The standard InChI is InChI=1S/C9H13NO/c1-3-6-10(2)8-4-5-9(11)7-8/h3,7H,1,4-6H2,2H3. The van der Waals surface area contributed by atoms with Crippen molar-refractivity contribution in [3.63, 3.8) is 0 Å². The van der Waals surface area contributed by atoms with Gasteiger partial charge in [-0.2, -0.15) is 0 Å². The van der Waals surface area contributed by atoms with Crippen LogP contribution in [0.4, 0.5) is 0 Å². The Hall–Kier alpha value is -1.05. The number of hydrogen-bond donors (Lipinski definition) is 0. The fraction of sp³-hybridized carbons (Fsp3) is 0.444. The van der Waals surface area contributed by atoms with Gasteiger partial charge in [0.15, 0.2) is 5.78 Å². The highest BCUT2D eigenvalue weighted by Crippen LogP contribution is 2.17. The van der Waals surface area contributed by atoms with Crippen LogP contribution in [-0.4, -0.2) is 24.3 Å². The van der Waals surface area contributed by atoms with Crippen molar-refractivity contribution in [2.75, 3.05) is 13.6 Å². The summed E-state index contributed by atoms with van der Waals surface area (Å²) in [6.07, 6.45) is 5.13. The van der Waals surface area contributed by atoms with Crippen molar-refractivity contribution in [2.24, 2.45) is 0 Å². The highest BCUT2D eigenvalue weighted by Gasteiger charge is 2.13. The van der Waals surface area contributed by atoms with Crippen LogP contribution in [0.25, 0.3) is 0 Å². The van der Waals surface area contributed by atoms with Crippen LogP contribution < -0.4 is 0 Å². The van der Waals surface area contributed by atoms with Gasteiger partial charge in [0.2, 0.25) is 0 Å². The lowest BCUT2D eigenvalue weighted by molar-refractivity contribution is -0.114. The van der Waals surface area contributed by atoms with E-state index in [0.717, 1.165) is 18.7 Å². The molecular weight excluding hydrogens is 138 g/mol. The van der Waals surface area contributed by atoms with Gasteiger partial charge in [0.25, 0.3) is 0 Å². The zero-order chi connectivity index (χ0) is 8.27. The van der Waals surface area contributed by atoms with Gasteiger partial charge in [0, 0.05) is 31.8 Å². The van der Waals surface area contributed by atoms with Crippen molar-refractivity contribution in [1.82, 2.24) is 4.90 Å². The Morgan fingerprint density at radius 1 is 1.73 bits per heavy atom. The molecule has 0 aromatic heterocycles. The Bertz CT molecular complexity index is 206. The predicted octanol–water partition coefficient (Wildman–Crippen LogP) is 1.35. The molecule has 0 aromatic rings. The minimum Gasteiger partial charge on any atom is -0.374 e. The fourth-order valence-electron chi connectivity index (χ4n) is 1.19. The molecule has 0 saturated heterocycles. The van der Waals surface area contributed by atoms with Gasteiger partial charge < -0.3 is 4.90 Å². The Morgan fingerprint density at radius 3 is 2.91 bits per heavy atom. The highest BCUT2D eigenvalue weighted by atomic mass is 16.1. The maximum absolute atomic E-state index is 10.8. The van der Waals surface area contributed by atoms with Gasteiger partial charge in [-0.1, -0.05) is 6.08 Å². The molecule has 0 spiro atoms. The first kappa shape index (κ1) is 8.05. The lowest BCUT2D eigenvalue weighted by Crippen LogP contribution is -2.15. The first-order valence-electron chi connectivity index (χ1n) is 3.79. The Morgan fingerprint density at radius 2 is 2.45 bits per heavy atom. The maximum atomic E-state index is 10.8. The third-order valence-electron chi connectivity index (χ3n) is 1.85. The largest absolute Gasteiger partial charge is 0.374 e. The summed E-state index contributed by atoms with van der Waals surface area (Å²) in [4.78, 5) is 12.9. The van der Waals surface area contributed by atoms with E-state index in [4.69, 9.17) is 0 Å². The Balaban J connectivity index is 2.53. The average Bonchev–Trinajstić information content (AvgIpc) is 2.36. The molecule has 0 atom stereocenters. The van der Waals surface area contributed by atoms with Gasteiger partial charge >= 0.3 is 0 Å². The molecule has 11 heavy (non-hydrogen) atoms. The molecule has 0 bridgehead atoms. The van der Waals surface area contributed by atoms with E-state index in [9.17, 15) is 4.79 Å². The summed E-state index contributed by atoms with van der Waals surface area (Å²) < 4.78 is 0. The van der Waals surface area contributed by atoms with E-state index in [1.165, 1.54) is 0 Å². The van der Waals surface area contributed by atoms with Crippen LogP contribution in [0, 0.1) is 0 Å². The van der Waals surface area contributed by atoms with Gasteiger partial charge in [-0.25, -0.2) is 0 Å². The molecule has 0 heterocycles. The second kappa shape index (κ2) is 3.37. The van der Waals surface area contributed by atoms with Crippen molar-refractivity contribution < 1.29 is 4.79 Å². The number of carbonyl (C=O) groups is 1. The molecule has 0 saturated carbocycles. The zero-order valence-electron chi connectivity index (χ0n) is 6.84. The van der Waals surface area contributed by atoms with Crippen LogP contribution in [0.1, 0.15) is 12.8 Å². The first-order valence-corrected chi connectivity index (χ1v) is 3.79. The number of carbonyl (C=O) groups excluding carboxylic acids is 1. The number of ketones is 1. The van der Waals surface area contributed by atoms with E-state index in [0.29, 0.717) is 6.42 Å². The monoisotopic (exact) mass is 151 g/mol. The summed E-state index contributed by atoms with van der Waals surface area (Å²) in [7, 11) is 1.98. The number of nitrogens with zero attached hydrogens (tertiary/aromatic N) is 1. The molecule has 0 fully saturated rings. The smallest absolute Gasteiger partial charge is 0.157 e. The van der Waals surface area contributed by atoms with Crippen LogP contribution in [0.2, 0.25) is 0 Å². The molecule has 2 nitrogen and oxygen atoms in total. The molecule has 0 N–H and O–H groups in total. The second-order valence-corrected chi connectivity index (χ2v) is 2.77. The molecule has 0 aromatic carbocycles. The third-order valence-corrected chi connectivity index (χ3v) is 1.85. The summed E-state index contributed by atoms with van der Waals surface area (Å²) in [5, 5.41) is 0. The lowest BCUT2D eigenvalue weighted by atomic mass is 10.3. The Kier molecular flexibility index (Phi) is 2.47. The Labute approximate surface area is 67.2 Å². The SMILES string of the molecule is C=CCN(C)C1=CC(=O)CC1. The molecule has 1 rings (SSSR count). The lowest BCUT2D eigenvalue weighted by Gasteiger charge is -2.17. The van der Waals surface area contributed by atoms with Gasteiger partial charge in [0.1, 0.15) is 0 Å². The predicted molar refractivity (Wildman–Crippen MR) is 45.2 cm³/mol. The molecular formula is C9H13NO. The van der Waals surface area contributed by atoms with E-state index in [1.807, 2.05) is 13.1 Å². The van der Waals surface area contributed by atoms with Crippen LogP contribution in [0.5, 0.6) is 0 Å². The number of allylic oxidation sites excluding steroid dienone is 2. The summed E-state index contributed by atoms with van der Waals surface area (Å²) in [6, 6.07) is 0. The maximum Gasteiger partial charge on any atom is 0.157 e. The van der Waals surface area contributed by atoms with E-state index in [-0.39, 0.29) is 5.78 Å². The molecule has 2 heteroatoms. The topological polar surface area (TPSA) is 20.3 Å². The molecule has 0 aliphatic heterocycles. The normalized spacial score (nSPS) is 16.5. The molecule has 60 valence electrons. The fourth-order valence-corrected chi connectivity index (χ4v) is 1.19. The highest BCUT2D eigenvalue weighted by molar-refractivity contribution is 5.92. The summed E-state index contributed by atoms with van der Waals surface area (Å²) >= 11 is 0. The van der Waals surface area contributed by atoms with Crippen molar-refractivity contribution in [1.29, 1.82) is 0 Å². The summed E-state index contributed by atoms with van der Waals surface area (Å²) in [5.74, 6) is 0.246. The molecule has 0 unspecified atom stereocenters. The molecule has 1 aliphatic rings. The van der Waals surface area contributed by atoms with Crippen LogP contribution >= 0.6 is 0 Å². The van der Waals surface area contributed by atoms with Gasteiger partial charge in [0.05, 0.1) is 0 Å². The minimum absolute atomic E-state index is 0.246. The van der Waals surface area contributed by atoms with Crippen LogP contribution in [-0.2, 0) is 4.79 Å². The second-order valence-electron chi connectivity index (χ2n) is 2.77. The van der Waals surface area contributed by atoms with Crippen LogP contribution in [0.15, 0.2) is 24.4 Å². The first-order chi connectivity index (χ1) is 5.24. The summed E-state index contributed by atoms with van der Waals surface area (Å²) in [6.45, 7) is 4.46. The van der Waals surface area contributed by atoms with Crippen molar-refractivity contribution in [2.45, 2.75) is 12.8 Å². The summed E-state index contributed by atoms with van der Waals surface area (Å²) in [5.41, 5.74) is 1.13. The van der Waals surface area contributed by atoms with E-state index in [1.54, 1.807) is 6.08 Å². The van der Waals surface area contributed by atoms with E-state index in [2.05, 4.69) is 11.5 Å². The van der Waals surface area contributed by atoms with Crippen LogP contribution in [0.3, 0.4) is 0 Å². The number of rotatable bonds is 3. The quantitative estimate of drug-likeness (QED) is 0.567. The minimum atomic E-state index is 0.246. The van der Waals surface area contributed by atoms with E-state index >= 15 is 0 Å². The molecule has 0 amide bonds. The third kappa shape index (κ3) is 1.93. The van der Waals surface area contributed by atoms with Crippen molar-refractivity contribution in [3.05, 3.63) is 24.4 Å². The average molecular weight is 151 g/mol. The van der Waals surface area contributed by atoms with Gasteiger partial charge in [-0.05, 0) is 6.42 Å². The van der Waals surface area contributed by atoms with E-state index < -0.39 is 0 Å². The molecule has 0 radical (unpaired) electrons. The number of hydrogen-bond acceptors (Lipinski definition) is 2. The van der Waals surface area contributed by atoms with Gasteiger partial charge in [-0.3, -0.25) is 4.79 Å². The van der Waals surface area contributed by atoms with Gasteiger partial charge in [-0.15, -0.1) is 6.58 Å². The number of likely N-dealkylation sites (N-methyl/N-ethyl adjacent to an activating group) is 1. The van der Waals surface area contributed by atoms with Crippen molar-refractivity contribution in [3.8, 4) is 0 Å². The zero-order valence-corrected chi connectivity index (χ0v) is 6.84. The van der Waals surface area contributed by atoms with Crippen molar-refractivity contribution >= 4 is 5.78 Å².